The summed E-state index contributed by atoms with van der Waals surface area (Å²) in [5, 5.41) is 0. The van der Waals surface area contributed by atoms with E-state index in [2.05, 4.69) is 0 Å². The van der Waals surface area contributed by atoms with Gasteiger partial charge in [-0.3, -0.25) is 0 Å². The lowest BCUT2D eigenvalue weighted by molar-refractivity contribution is 0.505. The van der Waals surface area contributed by atoms with Crippen LogP contribution >= 0.6 is 0 Å². The zero-order valence-corrected chi connectivity index (χ0v) is 7.80. The Hall–Kier alpha value is -0.770. The third-order valence-electron chi connectivity index (χ3n) is 1.52. The van der Waals surface area contributed by atoms with E-state index in [4.69, 9.17) is 4.42 Å². The van der Waals surface area contributed by atoms with Crippen molar-refractivity contribution in [2.24, 2.45) is 0 Å². The van der Waals surface area contributed by atoms with Gasteiger partial charge in [0, 0.05) is 12.7 Å². The highest BCUT2D eigenvalue weighted by Crippen LogP contribution is 2.04. The van der Waals surface area contributed by atoms with Crippen molar-refractivity contribution in [1.29, 1.82) is 0 Å². The summed E-state index contributed by atoms with van der Waals surface area (Å²) in [6.07, 6.45) is 4.16. The topological polar surface area (TPSA) is 47.3 Å². The van der Waals surface area contributed by atoms with Crippen LogP contribution in [0.1, 0.15) is 12.2 Å². The standard InChI is InChI=1S/C8H12O3S/c1-12(9,10)7-3-5-8-4-2-6-11-8/h2,4,6H,3,5,7H2,1H3. The molecule has 0 aliphatic rings. The largest absolute Gasteiger partial charge is 0.469 e. The number of rotatable bonds is 4. The summed E-state index contributed by atoms with van der Waals surface area (Å²) in [6, 6.07) is 3.65. The SMILES string of the molecule is CS(=O)(=O)CCCc1ccco1. The minimum Gasteiger partial charge on any atom is -0.469 e. The fourth-order valence-electron chi connectivity index (χ4n) is 0.963. The molecule has 68 valence electrons. The monoisotopic (exact) mass is 188 g/mol. The molecular formula is C8H12O3S. The molecule has 0 saturated carbocycles. The molecule has 4 heteroatoms. The molecule has 0 fully saturated rings. The predicted molar refractivity (Wildman–Crippen MR) is 46.7 cm³/mol. The summed E-state index contributed by atoms with van der Waals surface area (Å²) in [5.41, 5.74) is 0. The summed E-state index contributed by atoms with van der Waals surface area (Å²) >= 11 is 0. The van der Waals surface area contributed by atoms with Crippen LogP contribution < -0.4 is 0 Å². The van der Waals surface area contributed by atoms with Crippen molar-refractivity contribution in [3.8, 4) is 0 Å². The van der Waals surface area contributed by atoms with E-state index in [1.54, 1.807) is 12.3 Å². The molecule has 0 N–H and O–H groups in total. The van der Waals surface area contributed by atoms with Crippen LogP contribution in [0.3, 0.4) is 0 Å². The minimum absolute atomic E-state index is 0.230. The first-order valence-corrected chi connectivity index (χ1v) is 5.84. The van der Waals surface area contributed by atoms with Crippen LogP contribution in [-0.2, 0) is 16.3 Å². The van der Waals surface area contributed by atoms with Crippen LogP contribution in [0, 0.1) is 0 Å². The molecule has 1 heterocycles. The second kappa shape index (κ2) is 3.76. The molecule has 12 heavy (non-hydrogen) atoms. The molecule has 0 aliphatic heterocycles. The number of furan rings is 1. The van der Waals surface area contributed by atoms with E-state index in [1.165, 1.54) is 6.26 Å². The summed E-state index contributed by atoms with van der Waals surface area (Å²) < 4.78 is 26.5. The zero-order chi connectivity index (χ0) is 9.03. The Morgan fingerprint density at radius 2 is 2.25 bits per heavy atom. The summed E-state index contributed by atoms with van der Waals surface area (Å²) in [6.45, 7) is 0. The Labute approximate surface area is 72.3 Å². The first kappa shape index (κ1) is 9.32. The van der Waals surface area contributed by atoms with Crippen molar-refractivity contribution in [2.75, 3.05) is 12.0 Å². The van der Waals surface area contributed by atoms with Crippen molar-refractivity contribution in [1.82, 2.24) is 0 Å². The van der Waals surface area contributed by atoms with E-state index >= 15 is 0 Å². The van der Waals surface area contributed by atoms with E-state index in [0.717, 1.165) is 5.76 Å². The van der Waals surface area contributed by atoms with Gasteiger partial charge in [-0.25, -0.2) is 8.42 Å². The second-order valence-electron chi connectivity index (χ2n) is 2.81. The maximum atomic E-state index is 10.7. The summed E-state index contributed by atoms with van der Waals surface area (Å²) in [7, 11) is -2.82. The average molecular weight is 188 g/mol. The molecule has 3 nitrogen and oxygen atoms in total. The van der Waals surface area contributed by atoms with Crippen LogP contribution in [0.5, 0.6) is 0 Å². The predicted octanol–water partition coefficient (Wildman–Crippen LogP) is 1.26. The number of hydrogen-bond acceptors (Lipinski definition) is 3. The number of hydrogen-bond donors (Lipinski definition) is 0. The van der Waals surface area contributed by atoms with Gasteiger partial charge >= 0.3 is 0 Å². The molecule has 0 saturated heterocycles. The molecular weight excluding hydrogens is 176 g/mol. The lowest BCUT2D eigenvalue weighted by Crippen LogP contribution is -2.03. The fourth-order valence-corrected chi connectivity index (χ4v) is 1.63. The van der Waals surface area contributed by atoms with Crippen molar-refractivity contribution in [3.63, 3.8) is 0 Å². The van der Waals surface area contributed by atoms with Gasteiger partial charge in [0.25, 0.3) is 0 Å². The van der Waals surface area contributed by atoms with E-state index in [0.29, 0.717) is 12.8 Å². The molecule has 0 unspecified atom stereocenters. The second-order valence-corrected chi connectivity index (χ2v) is 5.07. The third kappa shape index (κ3) is 3.57. The maximum absolute atomic E-state index is 10.7. The van der Waals surface area contributed by atoms with Crippen molar-refractivity contribution in [3.05, 3.63) is 24.2 Å². The van der Waals surface area contributed by atoms with Gasteiger partial charge in [-0.15, -0.1) is 0 Å². The van der Waals surface area contributed by atoms with E-state index in [-0.39, 0.29) is 5.75 Å². The molecule has 1 aromatic heterocycles. The molecule has 1 aromatic rings. The Bertz CT molecular complexity index is 310. The van der Waals surface area contributed by atoms with Gasteiger partial charge in [0.2, 0.25) is 0 Å². The Kier molecular flexibility index (Phi) is 2.92. The van der Waals surface area contributed by atoms with Crippen LogP contribution in [0.15, 0.2) is 22.8 Å². The maximum Gasteiger partial charge on any atom is 0.147 e. The number of sulfone groups is 1. The molecule has 0 aliphatic carbocycles. The Morgan fingerprint density at radius 1 is 1.50 bits per heavy atom. The van der Waals surface area contributed by atoms with Gasteiger partial charge in [-0.1, -0.05) is 0 Å². The van der Waals surface area contributed by atoms with Gasteiger partial charge in [0.05, 0.1) is 12.0 Å². The quantitative estimate of drug-likeness (QED) is 0.714. The molecule has 0 amide bonds. The van der Waals surface area contributed by atoms with Crippen LogP contribution in [-0.4, -0.2) is 20.4 Å². The normalized spacial score (nSPS) is 11.8. The van der Waals surface area contributed by atoms with Crippen LogP contribution in [0.25, 0.3) is 0 Å². The van der Waals surface area contributed by atoms with E-state index < -0.39 is 9.84 Å². The van der Waals surface area contributed by atoms with Crippen molar-refractivity contribution >= 4 is 9.84 Å². The first-order chi connectivity index (χ1) is 5.58. The first-order valence-electron chi connectivity index (χ1n) is 3.78. The zero-order valence-electron chi connectivity index (χ0n) is 6.99. The molecule has 1 rings (SSSR count). The molecule has 0 spiro atoms. The average Bonchev–Trinajstić information content (AvgIpc) is 2.36. The highest BCUT2D eigenvalue weighted by molar-refractivity contribution is 7.90. The molecule has 0 aromatic carbocycles. The molecule has 0 radical (unpaired) electrons. The molecule has 0 atom stereocenters. The highest BCUT2D eigenvalue weighted by atomic mass is 32.2. The summed E-state index contributed by atoms with van der Waals surface area (Å²) in [5.74, 6) is 1.08. The Morgan fingerprint density at radius 3 is 2.75 bits per heavy atom. The molecule has 0 bridgehead atoms. The van der Waals surface area contributed by atoms with Gasteiger partial charge in [-0.05, 0) is 18.6 Å². The van der Waals surface area contributed by atoms with E-state index in [1.807, 2.05) is 6.07 Å². The smallest absolute Gasteiger partial charge is 0.147 e. The van der Waals surface area contributed by atoms with Crippen LogP contribution in [0.2, 0.25) is 0 Å². The third-order valence-corrected chi connectivity index (χ3v) is 2.55. The van der Waals surface area contributed by atoms with Gasteiger partial charge < -0.3 is 4.42 Å². The fraction of sp³-hybridized carbons (Fsp3) is 0.500. The highest BCUT2D eigenvalue weighted by Gasteiger charge is 2.02. The number of aryl methyl sites for hydroxylation is 1. The lowest BCUT2D eigenvalue weighted by Gasteiger charge is -1.95. The van der Waals surface area contributed by atoms with Crippen LogP contribution in [0.4, 0.5) is 0 Å². The van der Waals surface area contributed by atoms with Gasteiger partial charge in [0.15, 0.2) is 0 Å². The van der Waals surface area contributed by atoms with Gasteiger partial charge in [-0.2, -0.15) is 0 Å². The van der Waals surface area contributed by atoms with Crippen molar-refractivity contribution in [2.45, 2.75) is 12.8 Å². The van der Waals surface area contributed by atoms with Gasteiger partial charge in [0.1, 0.15) is 15.6 Å². The minimum atomic E-state index is -2.82. The lowest BCUT2D eigenvalue weighted by atomic mass is 10.3. The Balaban J connectivity index is 2.29. The summed E-state index contributed by atoms with van der Waals surface area (Å²) in [4.78, 5) is 0. The van der Waals surface area contributed by atoms with E-state index in [9.17, 15) is 8.42 Å². The van der Waals surface area contributed by atoms with Crippen molar-refractivity contribution < 1.29 is 12.8 Å².